The number of nitrogens with zero attached hydrogens (tertiary/aromatic N) is 1. The first kappa shape index (κ1) is 12.5. The molecular weight excluding hydrogens is 204 g/mol. The van der Waals surface area contributed by atoms with E-state index in [4.69, 9.17) is 10.5 Å². The van der Waals surface area contributed by atoms with E-state index in [1.54, 1.807) is 19.1 Å². The summed E-state index contributed by atoms with van der Waals surface area (Å²) in [5.41, 5.74) is 7.49. The molecule has 0 saturated heterocycles. The highest BCUT2D eigenvalue weighted by atomic mass is 16.5. The molecule has 16 heavy (non-hydrogen) atoms. The highest BCUT2D eigenvalue weighted by molar-refractivity contribution is 5.76. The van der Waals surface area contributed by atoms with Crippen molar-refractivity contribution in [3.63, 3.8) is 0 Å². The average molecular weight is 222 g/mol. The summed E-state index contributed by atoms with van der Waals surface area (Å²) in [6.45, 7) is 0.989. The number of carbonyl (C=O) groups is 1. The molecule has 0 radical (unpaired) electrons. The second-order valence-electron chi connectivity index (χ2n) is 3.69. The fourth-order valence-electron chi connectivity index (χ4n) is 1.40. The lowest BCUT2D eigenvalue weighted by molar-refractivity contribution is -0.131. The van der Waals surface area contributed by atoms with Crippen LogP contribution < -0.4 is 5.73 Å². The van der Waals surface area contributed by atoms with E-state index in [9.17, 15) is 4.79 Å². The second-order valence-corrected chi connectivity index (χ2v) is 3.69. The Labute approximate surface area is 96.0 Å². The number of methoxy groups -OCH3 is 1. The Balaban J connectivity index is 2.54. The van der Waals surface area contributed by atoms with Gasteiger partial charge in [-0.2, -0.15) is 0 Å². The molecule has 0 aliphatic carbocycles. The summed E-state index contributed by atoms with van der Waals surface area (Å²) in [6.07, 6.45) is 0.403. The van der Waals surface area contributed by atoms with Gasteiger partial charge in [0.25, 0.3) is 0 Å². The smallest absolute Gasteiger partial charge is 0.224 e. The highest BCUT2D eigenvalue weighted by Gasteiger charge is 2.09. The number of hydrogen-bond acceptors (Lipinski definition) is 3. The highest BCUT2D eigenvalue weighted by Crippen LogP contribution is 2.12. The molecule has 0 aliphatic rings. The Morgan fingerprint density at radius 1 is 1.44 bits per heavy atom. The third kappa shape index (κ3) is 3.55. The van der Waals surface area contributed by atoms with Gasteiger partial charge in [-0.05, 0) is 11.6 Å². The zero-order valence-corrected chi connectivity index (χ0v) is 9.77. The van der Waals surface area contributed by atoms with E-state index in [0.717, 1.165) is 5.56 Å². The van der Waals surface area contributed by atoms with Crippen LogP contribution in [0.5, 0.6) is 0 Å². The van der Waals surface area contributed by atoms with Crippen LogP contribution in [0.1, 0.15) is 12.0 Å². The number of benzene rings is 1. The average Bonchev–Trinajstić information content (AvgIpc) is 2.28. The number of nitrogens with two attached hydrogens (primary N) is 1. The molecule has 0 fully saturated rings. The van der Waals surface area contributed by atoms with E-state index in [2.05, 4.69) is 0 Å². The largest absolute Gasteiger partial charge is 0.398 e. The van der Waals surface area contributed by atoms with Gasteiger partial charge in [-0.25, -0.2) is 0 Å². The molecule has 0 unspecified atom stereocenters. The van der Waals surface area contributed by atoms with Crippen LogP contribution >= 0.6 is 0 Å². The summed E-state index contributed by atoms with van der Waals surface area (Å²) in [5.74, 6) is 0.0603. The zero-order valence-electron chi connectivity index (χ0n) is 9.77. The van der Waals surface area contributed by atoms with Gasteiger partial charge >= 0.3 is 0 Å². The van der Waals surface area contributed by atoms with Crippen LogP contribution in [0.2, 0.25) is 0 Å². The van der Waals surface area contributed by atoms with Gasteiger partial charge in [0.1, 0.15) is 0 Å². The van der Waals surface area contributed by atoms with Gasteiger partial charge in [-0.3, -0.25) is 4.79 Å². The van der Waals surface area contributed by atoms with Gasteiger partial charge in [0.2, 0.25) is 5.91 Å². The van der Waals surface area contributed by atoms with E-state index < -0.39 is 0 Å². The Kier molecular flexibility index (Phi) is 4.79. The number of hydrogen-bond donors (Lipinski definition) is 1. The molecule has 1 aromatic rings. The summed E-state index contributed by atoms with van der Waals surface area (Å²) in [7, 11) is 3.35. The van der Waals surface area contributed by atoms with Crippen LogP contribution in [0, 0.1) is 0 Å². The van der Waals surface area contributed by atoms with Crippen molar-refractivity contribution in [3.05, 3.63) is 29.8 Å². The van der Waals surface area contributed by atoms with E-state index >= 15 is 0 Å². The molecule has 0 aliphatic heterocycles. The fourth-order valence-corrected chi connectivity index (χ4v) is 1.40. The molecule has 0 aromatic heterocycles. The number of rotatable bonds is 5. The molecule has 4 nitrogen and oxygen atoms in total. The Morgan fingerprint density at radius 3 is 2.75 bits per heavy atom. The minimum absolute atomic E-state index is 0.0603. The lowest BCUT2D eigenvalue weighted by Gasteiger charge is -2.18. The summed E-state index contributed by atoms with van der Waals surface area (Å²) < 4.78 is 4.86. The van der Waals surface area contributed by atoms with Gasteiger partial charge in [0.15, 0.2) is 0 Å². The maximum absolute atomic E-state index is 11.6. The topological polar surface area (TPSA) is 55.6 Å². The van der Waals surface area contributed by atoms with Crippen molar-refractivity contribution >= 4 is 11.6 Å². The van der Waals surface area contributed by atoms with Crippen LogP contribution in [0.4, 0.5) is 5.69 Å². The summed E-state index contributed by atoms with van der Waals surface area (Å²) in [4.78, 5) is 13.3. The monoisotopic (exact) mass is 222 g/mol. The summed E-state index contributed by atoms with van der Waals surface area (Å²) in [6, 6.07) is 7.56. The first-order chi connectivity index (χ1) is 7.65. The molecule has 1 amide bonds. The van der Waals surface area contributed by atoms with Gasteiger partial charge < -0.3 is 15.4 Å². The number of ether oxygens (including phenoxy) is 1. The maximum Gasteiger partial charge on any atom is 0.224 e. The third-order valence-electron chi connectivity index (χ3n) is 2.41. The first-order valence-electron chi connectivity index (χ1n) is 5.21. The van der Waals surface area contributed by atoms with E-state index in [1.807, 2.05) is 24.3 Å². The molecule has 0 heterocycles. The Bertz CT molecular complexity index is 353. The lowest BCUT2D eigenvalue weighted by atomic mass is 10.1. The van der Waals surface area contributed by atoms with Crippen molar-refractivity contribution in [1.29, 1.82) is 0 Å². The minimum atomic E-state index is 0.0603. The molecule has 0 spiro atoms. The minimum Gasteiger partial charge on any atom is -0.398 e. The zero-order chi connectivity index (χ0) is 12.0. The summed E-state index contributed by atoms with van der Waals surface area (Å²) >= 11 is 0. The summed E-state index contributed by atoms with van der Waals surface area (Å²) in [5, 5.41) is 0. The van der Waals surface area contributed by atoms with Crippen LogP contribution in [0.3, 0.4) is 0 Å². The Morgan fingerprint density at radius 2 is 2.12 bits per heavy atom. The van der Waals surface area contributed by atoms with Crippen molar-refractivity contribution < 1.29 is 9.53 Å². The molecule has 0 saturated carbocycles. The van der Waals surface area contributed by atoms with Crippen LogP contribution in [-0.4, -0.2) is 31.6 Å². The number of nitrogen functional groups attached to an aromatic ring is 1. The van der Waals surface area contributed by atoms with Crippen LogP contribution in [0.25, 0.3) is 0 Å². The van der Waals surface area contributed by atoms with Crippen molar-refractivity contribution in [2.75, 3.05) is 26.5 Å². The molecule has 0 bridgehead atoms. The van der Waals surface area contributed by atoms with Gasteiger partial charge in [0.05, 0.1) is 13.0 Å². The molecule has 1 rings (SSSR count). The van der Waals surface area contributed by atoms with Crippen LogP contribution in [-0.2, 0) is 16.1 Å². The number of carbonyl (C=O) groups excluding carboxylic acids is 1. The van der Waals surface area contributed by atoms with Gasteiger partial charge in [0, 0.05) is 26.4 Å². The standard InChI is InChI=1S/C12H18N2O2/c1-14(12(15)7-8-16-2)9-10-5-3-4-6-11(10)13/h3-6H,7-9,13H2,1-2H3. The van der Waals surface area contributed by atoms with Crippen molar-refractivity contribution in [1.82, 2.24) is 4.90 Å². The first-order valence-corrected chi connectivity index (χ1v) is 5.21. The number of amides is 1. The second kappa shape index (κ2) is 6.12. The quantitative estimate of drug-likeness (QED) is 0.763. The number of para-hydroxylation sites is 1. The predicted octanol–water partition coefficient (Wildman–Crippen LogP) is 1.26. The fraction of sp³-hybridized carbons (Fsp3) is 0.417. The van der Waals surface area contributed by atoms with Crippen molar-refractivity contribution in [3.8, 4) is 0 Å². The van der Waals surface area contributed by atoms with E-state index in [1.165, 1.54) is 0 Å². The molecule has 1 aromatic carbocycles. The van der Waals surface area contributed by atoms with Crippen molar-refractivity contribution in [2.45, 2.75) is 13.0 Å². The number of anilines is 1. The normalized spacial score (nSPS) is 10.1. The van der Waals surface area contributed by atoms with Gasteiger partial charge in [-0.1, -0.05) is 18.2 Å². The SMILES string of the molecule is COCCC(=O)N(C)Cc1ccccc1N. The third-order valence-corrected chi connectivity index (χ3v) is 2.41. The maximum atomic E-state index is 11.6. The predicted molar refractivity (Wildman–Crippen MR) is 63.8 cm³/mol. The van der Waals surface area contributed by atoms with Gasteiger partial charge in [-0.15, -0.1) is 0 Å². The molecule has 2 N–H and O–H groups in total. The van der Waals surface area contributed by atoms with Crippen molar-refractivity contribution in [2.24, 2.45) is 0 Å². The van der Waals surface area contributed by atoms with E-state index in [-0.39, 0.29) is 5.91 Å². The van der Waals surface area contributed by atoms with Crippen LogP contribution in [0.15, 0.2) is 24.3 Å². The molecule has 4 heteroatoms. The molecular formula is C12H18N2O2. The Hall–Kier alpha value is -1.55. The molecule has 0 atom stereocenters. The van der Waals surface area contributed by atoms with E-state index in [0.29, 0.717) is 25.3 Å². The molecule has 88 valence electrons. The lowest BCUT2D eigenvalue weighted by Crippen LogP contribution is -2.27.